The molecule has 21 heavy (non-hydrogen) atoms. The Morgan fingerprint density at radius 2 is 2.00 bits per heavy atom. The molecule has 1 fully saturated rings. The van der Waals surface area contributed by atoms with Gasteiger partial charge in [-0.05, 0) is 56.3 Å². The van der Waals surface area contributed by atoms with Crippen molar-refractivity contribution in [3.05, 3.63) is 29.3 Å². The number of nitrogens with one attached hydrogen (secondary N) is 1. The third-order valence-electron chi connectivity index (χ3n) is 4.88. The van der Waals surface area contributed by atoms with Gasteiger partial charge in [0, 0.05) is 19.6 Å². The molecule has 0 heterocycles. The normalized spacial score (nSPS) is 21.8. The molecule has 114 valence electrons. The summed E-state index contributed by atoms with van der Waals surface area (Å²) in [4.78, 5) is 2.33. The van der Waals surface area contributed by atoms with Crippen molar-refractivity contribution >= 4 is 5.69 Å². The molecule has 1 aliphatic rings. The zero-order chi connectivity index (χ0) is 15.2. The molecule has 3 heteroatoms. The van der Waals surface area contributed by atoms with E-state index in [0.717, 1.165) is 23.7 Å². The summed E-state index contributed by atoms with van der Waals surface area (Å²) in [5.74, 6) is 0.906. The second-order valence-electron chi connectivity index (χ2n) is 6.19. The van der Waals surface area contributed by atoms with E-state index in [1.165, 1.54) is 37.7 Å². The van der Waals surface area contributed by atoms with Crippen LogP contribution in [0.4, 0.5) is 5.69 Å². The van der Waals surface area contributed by atoms with Crippen LogP contribution >= 0.6 is 0 Å². The summed E-state index contributed by atoms with van der Waals surface area (Å²) >= 11 is 0. The van der Waals surface area contributed by atoms with E-state index in [1.807, 2.05) is 13.1 Å². The minimum Gasteiger partial charge on any atom is -0.371 e. The lowest BCUT2D eigenvalue weighted by molar-refractivity contribution is 0.313. The van der Waals surface area contributed by atoms with E-state index in [0.29, 0.717) is 6.04 Å². The number of benzene rings is 1. The first-order valence-electron chi connectivity index (χ1n) is 8.10. The van der Waals surface area contributed by atoms with E-state index >= 15 is 0 Å². The third-order valence-corrected chi connectivity index (χ3v) is 4.88. The van der Waals surface area contributed by atoms with E-state index < -0.39 is 0 Å². The number of nitrogens with zero attached hydrogens (tertiary/aromatic N) is 2. The molecular weight excluding hydrogens is 258 g/mol. The predicted molar refractivity (Wildman–Crippen MR) is 88.4 cm³/mol. The Balaban J connectivity index is 2.12. The monoisotopic (exact) mass is 285 g/mol. The van der Waals surface area contributed by atoms with Crippen LogP contribution in [-0.4, -0.2) is 20.1 Å². The molecule has 0 aromatic heterocycles. The Morgan fingerprint density at radius 1 is 1.29 bits per heavy atom. The van der Waals surface area contributed by atoms with Gasteiger partial charge in [-0.2, -0.15) is 5.26 Å². The van der Waals surface area contributed by atoms with Gasteiger partial charge in [0.15, 0.2) is 0 Å². The molecule has 1 aliphatic carbocycles. The van der Waals surface area contributed by atoms with Gasteiger partial charge in [0.2, 0.25) is 0 Å². The van der Waals surface area contributed by atoms with Crippen LogP contribution in [0.25, 0.3) is 0 Å². The highest BCUT2D eigenvalue weighted by Gasteiger charge is 2.24. The van der Waals surface area contributed by atoms with Crippen LogP contribution in [0.2, 0.25) is 0 Å². The topological polar surface area (TPSA) is 39.1 Å². The van der Waals surface area contributed by atoms with E-state index in [-0.39, 0.29) is 0 Å². The molecule has 0 amide bonds. The van der Waals surface area contributed by atoms with Gasteiger partial charge in [0.25, 0.3) is 0 Å². The highest BCUT2D eigenvalue weighted by Crippen LogP contribution is 2.32. The molecule has 0 bridgehead atoms. The number of hydrogen-bond donors (Lipinski definition) is 1. The van der Waals surface area contributed by atoms with E-state index in [9.17, 15) is 5.26 Å². The Labute approximate surface area is 129 Å². The van der Waals surface area contributed by atoms with Gasteiger partial charge in [0.1, 0.15) is 6.07 Å². The Hall–Kier alpha value is -1.53. The molecule has 0 saturated heterocycles. The van der Waals surface area contributed by atoms with Crippen molar-refractivity contribution < 1.29 is 0 Å². The van der Waals surface area contributed by atoms with Crippen molar-refractivity contribution in [2.45, 2.75) is 51.6 Å². The maximum Gasteiger partial charge on any atom is 0.101 e. The van der Waals surface area contributed by atoms with Crippen molar-refractivity contribution in [1.82, 2.24) is 5.32 Å². The second-order valence-corrected chi connectivity index (χ2v) is 6.19. The summed E-state index contributed by atoms with van der Waals surface area (Å²) in [7, 11) is 4.07. The first kappa shape index (κ1) is 15.9. The largest absolute Gasteiger partial charge is 0.371 e. The predicted octanol–water partition coefficient (Wildman–Crippen LogP) is 3.68. The highest BCUT2D eigenvalue weighted by atomic mass is 15.1. The van der Waals surface area contributed by atoms with Crippen LogP contribution in [0.15, 0.2) is 18.2 Å². The minimum atomic E-state index is 0.579. The molecule has 1 N–H and O–H groups in total. The SMILES string of the molecule is CCC1CCC(N(C)c2ccc(CNC)cc2C#N)CC1. The minimum absolute atomic E-state index is 0.579. The van der Waals surface area contributed by atoms with Gasteiger partial charge in [-0.3, -0.25) is 0 Å². The van der Waals surface area contributed by atoms with E-state index in [1.54, 1.807) is 0 Å². The van der Waals surface area contributed by atoms with Crippen molar-refractivity contribution in [3.8, 4) is 6.07 Å². The van der Waals surface area contributed by atoms with Crippen molar-refractivity contribution in [1.29, 1.82) is 5.26 Å². The summed E-state index contributed by atoms with van der Waals surface area (Å²) in [6, 6.07) is 9.19. The standard InChI is InChI=1S/C18H27N3/c1-4-14-5-8-17(9-6-14)21(3)18-10-7-15(13-20-2)11-16(18)12-19/h7,10-11,14,17,20H,4-6,8-9,13H2,1-3H3. The summed E-state index contributed by atoms with van der Waals surface area (Å²) in [5.41, 5.74) is 3.04. The lowest BCUT2D eigenvalue weighted by atomic mass is 9.84. The highest BCUT2D eigenvalue weighted by molar-refractivity contribution is 5.60. The van der Waals surface area contributed by atoms with Gasteiger partial charge in [-0.1, -0.05) is 19.4 Å². The molecule has 2 rings (SSSR count). The summed E-state index contributed by atoms with van der Waals surface area (Å²) in [5, 5.41) is 12.6. The number of nitriles is 1. The Bertz CT molecular complexity index is 496. The fourth-order valence-electron chi connectivity index (χ4n) is 3.43. The number of anilines is 1. The summed E-state index contributed by atoms with van der Waals surface area (Å²) in [6.07, 6.45) is 6.45. The second kappa shape index (κ2) is 7.47. The lowest BCUT2D eigenvalue weighted by Gasteiger charge is -2.36. The van der Waals surface area contributed by atoms with Gasteiger partial charge in [-0.25, -0.2) is 0 Å². The molecule has 3 nitrogen and oxygen atoms in total. The van der Waals surface area contributed by atoms with Crippen LogP contribution in [0.5, 0.6) is 0 Å². The first-order chi connectivity index (χ1) is 10.2. The molecule has 0 radical (unpaired) electrons. The number of rotatable bonds is 5. The molecule has 0 unspecified atom stereocenters. The van der Waals surface area contributed by atoms with Crippen LogP contribution in [0.1, 0.15) is 50.2 Å². The maximum absolute atomic E-state index is 9.44. The van der Waals surface area contributed by atoms with E-state index in [2.05, 4.69) is 42.4 Å². The van der Waals surface area contributed by atoms with Gasteiger partial charge in [0.05, 0.1) is 11.3 Å². The Kier molecular flexibility index (Phi) is 5.64. The van der Waals surface area contributed by atoms with Crippen LogP contribution in [0, 0.1) is 17.2 Å². The average Bonchev–Trinajstić information content (AvgIpc) is 2.54. The summed E-state index contributed by atoms with van der Waals surface area (Å²) in [6.45, 7) is 3.10. The molecular formula is C18H27N3. The first-order valence-corrected chi connectivity index (χ1v) is 8.10. The average molecular weight is 285 g/mol. The maximum atomic E-state index is 9.44. The zero-order valence-electron chi connectivity index (χ0n) is 13.5. The van der Waals surface area contributed by atoms with Crippen molar-refractivity contribution in [2.24, 2.45) is 5.92 Å². The zero-order valence-corrected chi connectivity index (χ0v) is 13.5. The van der Waals surface area contributed by atoms with Crippen molar-refractivity contribution in [3.63, 3.8) is 0 Å². The molecule has 0 aliphatic heterocycles. The molecule has 1 aromatic rings. The molecule has 0 spiro atoms. The van der Waals surface area contributed by atoms with E-state index in [4.69, 9.17) is 0 Å². The third kappa shape index (κ3) is 3.77. The van der Waals surface area contributed by atoms with Crippen LogP contribution < -0.4 is 10.2 Å². The fourth-order valence-corrected chi connectivity index (χ4v) is 3.43. The summed E-state index contributed by atoms with van der Waals surface area (Å²) < 4.78 is 0. The smallest absolute Gasteiger partial charge is 0.101 e. The van der Waals surface area contributed by atoms with Gasteiger partial charge < -0.3 is 10.2 Å². The quantitative estimate of drug-likeness (QED) is 0.897. The Morgan fingerprint density at radius 3 is 2.57 bits per heavy atom. The van der Waals surface area contributed by atoms with Crippen LogP contribution in [0.3, 0.4) is 0 Å². The number of hydrogen-bond acceptors (Lipinski definition) is 3. The molecule has 0 atom stereocenters. The molecule has 1 saturated carbocycles. The lowest BCUT2D eigenvalue weighted by Crippen LogP contribution is -2.35. The van der Waals surface area contributed by atoms with Gasteiger partial charge in [-0.15, -0.1) is 0 Å². The fraction of sp³-hybridized carbons (Fsp3) is 0.611. The van der Waals surface area contributed by atoms with Crippen molar-refractivity contribution in [2.75, 3.05) is 19.0 Å². The van der Waals surface area contributed by atoms with Crippen LogP contribution in [-0.2, 0) is 6.54 Å². The van der Waals surface area contributed by atoms with Gasteiger partial charge >= 0.3 is 0 Å². The molecule has 1 aromatic carbocycles.